The van der Waals surface area contributed by atoms with Crippen LogP contribution in [-0.2, 0) is 0 Å². The van der Waals surface area contributed by atoms with E-state index in [2.05, 4.69) is 0 Å². The summed E-state index contributed by atoms with van der Waals surface area (Å²) in [6.45, 7) is 1.57. The number of aryl methyl sites for hydroxylation is 1. The van der Waals surface area contributed by atoms with Crippen LogP contribution >= 0.6 is 11.6 Å². The predicted molar refractivity (Wildman–Crippen MR) is 61.9 cm³/mol. The van der Waals surface area contributed by atoms with Crippen LogP contribution in [0.25, 0.3) is 0 Å². The second-order valence-corrected chi connectivity index (χ2v) is 5.07. The highest BCUT2D eigenvalue weighted by Gasteiger charge is 2.28. The van der Waals surface area contributed by atoms with E-state index >= 15 is 0 Å². The summed E-state index contributed by atoms with van der Waals surface area (Å²) >= 11 is 6.19. The molecule has 0 spiro atoms. The van der Waals surface area contributed by atoms with Crippen LogP contribution in [0.2, 0.25) is 0 Å². The maximum atomic E-state index is 13.8. The average molecular weight is 245 g/mol. The minimum absolute atomic E-state index is 0.0366. The van der Waals surface area contributed by atoms with Gasteiger partial charge in [-0.05, 0) is 30.9 Å². The molecule has 2 atom stereocenters. The number of halogens is 3. The summed E-state index contributed by atoms with van der Waals surface area (Å²) in [5.74, 6) is -1.48. The molecule has 1 aromatic rings. The van der Waals surface area contributed by atoms with Crippen LogP contribution in [0.15, 0.2) is 12.1 Å². The van der Waals surface area contributed by atoms with Crippen molar-refractivity contribution in [1.29, 1.82) is 0 Å². The third-order valence-electron chi connectivity index (χ3n) is 3.39. The first kappa shape index (κ1) is 11.8. The zero-order chi connectivity index (χ0) is 11.7. The van der Waals surface area contributed by atoms with Crippen molar-refractivity contribution >= 4 is 11.6 Å². The SMILES string of the molecule is Cc1ccc(C2CCCCC2Cl)c(F)c1F. The summed E-state index contributed by atoms with van der Waals surface area (Å²) in [7, 11) is 0. The Morgan fingerprint density at radius 1 is 1.12 bits per heavy atom. The van der Waals surface area contributed by atoms with Gasteiger partial charge in [0.2, 0.25) is 0 Å². The van der Waals surface area contributed by atoms with Crippen LogP contribution in [0.5, 0.6) is 0 Å². The first-order valence-corrected chi connectivity index (χ1v) is 6.13. The molecule has 0 amide bonds. The van der Waals surface area contributed by atoms with Gasteiger partial charge in [-0.15, -0.1) is 11.6 Å². The number of hydrogen-bond donors (Lipinski definition) is 0. The molecule has 0 aromatic heterocycles. The lowest BCUT2D eigenvalue weighted by molar-refractivity contribution is 0.421. The van der Waals surface area contributed by atoms with Gasteiger partial charge in [-0.3, -0.25) is 0 Å². The summed E-state index contributed by atoms with van der Waals surface area (Å²) in [4.78, 5) is 0. The van der Waals surface area contributed by atoms with Crippen LogP contribution in [0, 0.1) is 18.6 Å². The molecule has 1 aliphatic carbocycles. The Morgan fingerprint density at radius 2 is 1.81 bits per heavy atom. The van der Waals surface area contributed by atoms with Crippen molar-refractivity contribution in [2.24, 2.45) is 0 Å². The molecular formula is C13H15ClF2. The maximum Gasteiger partial charge on any atom is 0.162 e. The highest BCUT2D eigenvalue weighted by atomic mass is 35.5. The van der Waals surface area contributed by atoms with E-state index in [-0.39, 0.29) is 11.3 Å². The maximum absolute atomic E-state index is 13.8. The third kappa shape index (κ3) is 2.08. The lowest BCUT2D eigenvalue weighted by atomic mass is 9.83. The first-order chi connectivity index (χ1) is 7.61. The van der Waals surface area contributed by atoms with Gasteiger partial charge in [-0.2, -0.15) is 0 Å². The Morgan fingerprint density at radius 3 is 2.50 bits per heavy atom. The summed E-state index contributed by atoms with van der Waals surface area (Å²) in [5.41, 5.74) is 0.797. The number of benzene rings is 1. The standard InChI is InChI=1S/C13H15ClF2/c1-8-6-7-10(13(16)12(8)15)9-4-2-3-5-11(9)14/h6-7,9,11H,2-5H2,1H3. The van der Waals surface area contributed by atoms with Crippen LogP contribution in [0.4, 0.5) is 8.78 Å². The molecule has 0 aliphatic heterocycles. The molecule has 1 fully saturated rings. The van der Waals surface area contributed by atoms with Crippen molar-refractivity contribution < 1.29 is 8.78 Å². The van der Waals surface area contributed by atoms with Gasteiger partial charge in [0.15, 0.2) is 11.6 Å². The van der Waals surface area contributed by atoms with Crippen LogP contribution in [-0.4, -0.2) is 5.38 Å². The van der Waals surface area contributed by atoms with Gasteiger partial charge in [0, 0.05) is 11.3 Å². The Kier molecular flexibility index (Phi) is 3.48. The molecule has 0 nitrogen and oxygen atoms in total. The quantitative estimate of drug-likeness (QED) is 0.637. The molecular weight excluding hydrogens is 230 g/mol. The topological polar surface area (TPSA) is 0 Å². The summed E-state index contributed by atoms with van der Waals surface area (Å²) in [6.07, 6.45) is 3.87. The summed E-state index contributed by atoms with van der Waals surface area (Å²) in [5, 5.41) is -0.0645. The van der Waals surface area contributed by atoms with Gasteiger partial charge < -0.3 is 0 Å². The van der Waals surface area contributed by atoms with Crippen molar-refractivity contribution in [1.82, 2.24) is 0 Å². The zero-order valence-electron chi connectivity index (χ0n) is 9.27. The van der Waals surface area contributed by atoms with Crippen LogP contribution in [0.3, 0.4) is 0 Å². The van der Waals surface area contributed by atoms with Gasteiger partial charge in [0.1, 0.15) is 0 Å². The van der Waals surface area contributed by atoms with E-state index in [1.807, 2.05) is 0 Å². The van der Waals surface area contributed by atoms with E-state index in [9.17, 15) is 8.78 Å². The summed E-state index contributed by atoms with van der Waals surface area (Å²) in [6, 6.07) is 3.31. The molecule has 1 aliphatic rings. The number of alkyl halides is 1. The lowest BCUT2D eigenvalue weighted by Crippen LogP contribution is -2.19. The molecule has 0 radical (unpaired) electrons. The molecule has 1 aromatic carbocycles. The zero-order valence-corrected chi connectivity index (χ0v) is 10.0. The van der Waals surface area contributed by atoms with E-state index in [0.29, 0.717) is 11.1 Å². The van der Waals surface area contributed by atoms with Crippen molar-refractivity contribution in [2.45, 2.75) is 43.9 Å². The Balaban J connectivity index is 2.36. The Hall–Kier alpha value is -0.630. The van der Waals surface area contributed by atoms with Crippen molar-refractivity contribution in [3.8, 4) is 0 Å². The molecule has 0 saturated heterocycles. The van der Waals surface area contributed by atoms with Gasteiger partial charge in [-0.25, -0.2) is 8.78 Å². The van der Waals surface area contributed by atoms with E-state index < -0.39 is 11.6 Å². The van der Waals surface area contributed by atoms with Gasteiger partial charge in [0.25, 0.3) is 0 Å². The Labute approximate surface area is 99.6 Å². The lowest BCUT2D eigenvalue weighted by Gasteiger charge is -2.27. The van der Waals surface area contributed by atoms with E-state index in [1.54, 1.807) is 19.1 Å². The fraction of sp³-hybridized carbons (Fsp3) is 0.538. The molecule has 0 N–H and O–H groups in total. The third-order valence-corrected chi connectivity index (χ3v) is 3.91. The fourth-order valence-corrected chi connectivity index (χ4v) is 2.80. The highest BCUT2D eigenvalue weighted by molar-refractivity contribution is 6.21. The first-order valence-electron chi connectivity index (χ1n) is 5.70. The second-order valence-electron chi connectivity index (χ2n) is 4.51. The van der Waals surface area contributed by atoms with E-state index in [1.165, 1.54) is 0 Å². The average Bonchev–Trinajstić information content (AvgIpc) is 2.28. The molecule has 88 valence electrons. The van der Waals surface area contributed by atoms with Gasteiger partial charge in [-0.1, -0.05) is 25.0 Å². The van der Waals surface area contributed by atoms with E-state index in [0.717, 1.165) is 25.7 Å². The monoisotopic (exact) mass is 244 g/mol. The second kappa shape index (κ2) is 4.70. The highest BCUT2D eigenvalue weighted by Crippen LogP contribution is 2.38. The molecule has 3 heteroatoms. The van der Waals surface area contributed by atoms with Crippen molar-refractivity contribution in [3.05, 3.63) is 34.9 Å². The molecule has 16 heavy (non-hydrogen) atoms. The fourth-order valence-electron chi connectivity index (χ4n) is 2.38. The van der Waals surface area contributed by atoms with Crippen LogP contribution in [0.1, 0.15) is 42.7 Å². The minimum Gasteiger partial charge on any atom is -0.203 e. The predicted octanol–water partition coefficient (Wildman–Crippen LogP) is 4.54. The van der Waals surface area contributed by atoms with Gasteiger partial charge >= 0.3 is 0 Å². The normalized spacial score (nSPS) is 25.8. The number of hydrogen-bond acceptors (Lipinski definition) is 0. The van der Waals surface area contributed by atoms with Crippen molar-refractivity contribution in [2.75, 3.05) is 0 Å². The molecule has 0 bridgehead atoms. The summed E-state index contributed by atoms with van der Waals surface area (Å²) < 4.78 is 27.2. The molecule has 2 unspecified atom stereocenters. The van der Waals surface area contributed by atoms with E-state index in [4.69, 9.17) is 11.6 Å². The molecule has 0 heterocycles. The van der Waals surface area contributed by atoms with Gasteiger partial charge in [0.05, 0.1) is 0 Å². The minimum atomic E-state index is -0.730. The smallest absolute Gasteiger partial charge is 0.162 e. The molecule has 1 saturated carbocycles. The Bertz CT molecular complexity index is 390. The van der Waals surface area contributed by atoms with Crippen molar-refractivity contribution in [3.63, 3.8) is 0 Å². The number of rotatable bonds is 1. The molecule has 2 rings (SSSR count). The van der Waals surface area contributed by atoms with Crippen LogP contribution < -0.4 is 0 Å². The largest absolute Gasteiger partial charge is 0.203 e.